The minimum absolute atomic E-state index is 0.161. The maximum absolute atomic E-state index is 13.4. The lowest BCUT2D eigenvalue weighted by Crippen LogP contribution is -2.36. The summed E-state index contributed by atoms with van der Waals surface area (Å²) in [5.74, 6) is -3.18. The van der Waals surface area contributed by atoms with Crippen LogP contribution in [-0.4, -0.2) is 26.4 Å². The van der Waals surface area contributed by atoms with Crippen molar-refractivity contribution in [1.29, 1.82) is 0 Å². The van der Waals surface area contributed by atoms with Crippen LogP contribution in [0.5, 0.6) is 0 Å². The lowest BCUT2D eigenvalue weighted by molar-refractivity contribution is -0.145. The molecule has 3 heterocycles. The van der Waals surface area contributed by atoms with Gasteiger partial charge in [0.05, 0.1) is 17.0 Å². The molecule has 0 aliphatic carbocycles. The zero-order valence-corrected chi connectivity index (χ0v) is 15.4. The molecule has 0 amide bonds. The predicted molar refractivity (Wildman–Crippen MR) is 97.3 cm³/mol. The SMILES string of the molecule is O=c1[nH]c(C(F)(F)F)nc2c1CN(Cc1ccc(-c3ccc(F)c(F)c3)nc1)CC2. The molecular weight excluding hydrogens is 407 g/mol. The molecular formula is C20H15F5N4O. The molecule has 4 rings (SSSR count). The second-order valence-electron chi connectivity index (χ2n) is 6.98. The summed E-state index contributed by atoms with van der Waals surface area (Å²) in [5, 5.41) is 0. The van der Waals surface area contributed by atoms with Crippen LogP contribution in [0.2, 0.25) is 0 Å². The van der Waals surface area contributed by atoms with Crippen molar-refractivity contribution in [1.82, 2.24) is 19.9 Å². The van der Waals surface area contributed by atoms with E-state index in [9.17, 15) is 26.7 Å². The molecule has 0 spiro atoms. The first kappa shape index (κ1) is 20.1. The molecule has 0 saturated heterocycles. The number of aromatic nitrogens is 3. The zero-order chi connectivity index (χ0) is 21.5. The van der Waals surface area contributed by atoms with Gasteiger partial charge in [0.2, 0.25) is 5.82 Å². The number of benzene rings is 1. The van der Waals surface area contributed by atoms with Crippen molar-refractivity contribution >= 4 is 0 Å². The van der Waals surface area contributed by atoms with E-state index in [0.717, 1.165) is 17.7 Å². The van der Waals surface area contributed by atoms with E-state index in [-0.39, 0.29) is 24.2 Å². The van der Waals surface area contributed by atoms with Crippen molar-refractivity contribution in [2.24, 2.45) is 0 Å². The first-order valence-corrected chi connectivity index (χ1v) is 9.02. The highest BCUT2D eigenvalue weighted by Crippen LogP contribution is 2.27. The monoisotopic (exact) mass is 422 g/mol. The molecule has 3 aromatic rings. The molecule has 0 saturated carbocycles. The average Bonchev–Trinajstić information content (AvgIpc) is 2.70. The first-order valence-electron chi connectivity index (χ1n) is 9.02. The van der Waals surface area contributed by atoms with E-state index in [0.29, 0.717) is 24.3 Å². The van der Waals surface area contributed by atoms with Crippen LogP contribution in [0.4, 0.5) is 22.0 Å². The van der Waals surface area contributed by atoms with Crippen molar-refractivity contribution < 1.29 is 22.0 Å². The number of halogens is 5. The van der Waals surface area contributed by atoms with Crippen LogP contribution in [0.3, 0.4) is 0 Å². The lowest BCUT2D eigenvalue weighted by Gasteiger charge is -2.27. The van der Waals surface area contributed by atoms with Crippen molar-refractivity contribution in [2.45, 2.75) is 25.7 Å². The van der Waals surface area contributed by atoms with Crippen molar-refractivity contribution in [3.8, 4) is 11.3 Å². The summed E-state index contributed by atoms with van der Waals surface area (Å²) in [6.45, 7) is 1.03. The largest absolute Gasteiger partial charge is 0.449 e. The van der Waals surface area contributed by atoms with Gasteiger partial charge in [-0.05, 0) is 29.8 Å². The number of nitrogens with one attached hydrogen (secondary N) is 1. The molecule has 30 heavy (non-hydrogen) atoms. The summed E-state index contributed by atoms with van der Waals surface area (Å²) in [4.78, 5) is 23.6. The number of alkyl halides is 3. The van der Waals surface area contributed by atoms with Gasteiger partial charge in [0.25, 0.3) is 5.56 Å². The molecule has 156 valence electrons. The second kappa shape index (κ2) is 7.60. The van der Waals surface area contributed by atoms with Gasteiger partial charge in [-0.1, -0.05) is 6.07 Å². The average molecular weight is 422 g/mol. The highest BCUT2D eigenvalue weighted by atomic mass is 19.4. The third-order valence-corrected chi connectivity index (χ3v) is 4.86. The molecule has 0 atom stereocenters. The highest BCUT2D eigenvalue weighted by Gasteiger charge is 2.35. The van der Waals surface area contributed by atoms with Crippen LogP contribution in [0, 0.1) is 11.6 Å². The molecule has 0 radical (unpaired) electrons. The number of H-pyrrole nitrogens is 1. The molecule has 1 N–H and O–H groups in total. The van der Waals surface area contributed by atoms with E-state index in [1.54, 1.807) is 23.3 Å². The number of pyridine rings is 1. The van der Waals surface area contributed by atoms with E-state index in [4.69, 9.17) is 0 Å². The summed E-state index contributed by atoms with van der Waals surface area (Å²) in [5.41, 5.74) is 1.31. The quantitative estimate of drug-likeness (QED) is 0.654. The summed E-state index contributed by atoms with van der Waals surface area (Å²) < 4.78 is 64.9. The Labute approximate surface area is 167 Å². The molecule has 1 aromatic carbocycles. The minimum Gasteiger partial charge on any atom is -0.303 e. The van der Waals surface area contributed by atoms with Crippen LogP contribution in [-0.2, 0) is 25.7 Å². The van der Waals surface area contributed by atoms with Crippen LogP contribution < -0.4 is 5.56 Å². The third kappa shape index (κ3) is 4.09. The Balaban J connectivity index is 1.48. The van der Waals surface area contributed by atoms with Crippen LogP contribution in [0.15, 0.2) is 41.3 Å². The normalized spacial score (nSPS) is 14.6. The molecule has 0 unspecified atom stereocenters. The van der Waals surface area contributed by atoms with Crippen molar-refractivity contribution in [2.75, 3.05) is 6.54 Å². The first-order chi connectivity index (χ1) is 14.2. The lowest BCUT2D eigenvalue weighted by atomic mass is 10.1. The Kier molecular flexibility index (Phi) is 5.10. The number of hydrogen-bond acceptors (Lipinski definition) is 4. The van der Waals surface area contributed by atoms with E-state index in [2.05, 4.69) is 9.97 Å². The number of nitrogens with zero attached hydrogens (tertiary/aromatic N) is 3. The fourth-order valence-corrected chi connectivity index (χ4v) is 3.35. The minimum atomic E-state index is -4.70. The summed E-state index contributed by atoms with van der Waals surface area (Å²) in [6.07, 6.45) is -2.89. The Morgan fingerprint density at radius 3 is 2.57 bits per heavy atom. The maximum atomic E-state index is 13.4. The maximum Gasteiger partial charge on any atom is 0.449 e. The van der Waals surface area contributed by atoms with Crippen LogP contribution in [0.1, 0.15) is 22.6 Å². The topological polar surface area (TPSA) is 61.9 Å². The number of aromatic amines is 1. The number of fused-ring (bicyclic) bond motifs is 1. The van der Waals surface area contributed by atoms with Crippen LogP contribution >= 0.6 is 0 Å². The molecule has 1 aliphatic heterocycles. The Morgan fingerprint density at radius 1 is 1.10 bits per heavy atom. The number of rotatable bonds is 3. The summed E-state index contributed by atoms with van der Waals surface area (Å²) >= 11 is 0. The summed E-state index contributed by atoms with van der Waals surface area (Å²) in [6, 6.07) is 6.96. The number of hydrogen-bond donors (Lipinski definition) is 1. The third-order valence-electron chi connectivity index (χ3n) is 4.86. The molecule has 2 aromatic heterocycles. The van der Waals surface area contributed by atoms with Crippen molar-refractivity contribution in [3.05, 3.63) is 81.2 Å². The van der Waals surface area contributed by atoms with Gasteiger partial charge in [-0.3, -0.25) is 14.7 Å². The zero-order valence-electron chi connectivity index (χ0n) is 15.4. The van der Waals surface area contributed by atoms with Crippen molar-refractivity contribution in [3.63, 3.8) is 0 Å². The fourth-order valence-electron chi connectivity index (χ4n) is 3.35. The standard InChI is InChI=1S/C20H15F5N4O/c21-14-3-2-12(7-15(14)22)16-4-1-11(8-26-16)9-29-6-5-17-13(10-29)18(30)28-19(27-17)20(23,24)25/h1-4,7-8H,5-6,9-10H2,(H,27,28,30). The molecule has 10 heteroatoms. The molecule has 5 nitrogen and oxygen atoms in total. The molecule has 0 fully saturated rings. The van der Waals surface area contributed by atoms with Gasteiger partial charge >= 0.3 is 6.18 Å². The fraction of sp³-hybridized carbons (Fsp3) is 0.250. The van der Waals surface area contributed by atoms with E-state index in [1.165, 1.54) is 6.07 Å². The van der Waals surface area contributed by atoms with Gasteiger partial charge in [-0.15, -0.1) is 0 Å². The van der Waals surface area contributed by atoms with Gasteiger partial charge in [-0.25, -0.2) is 13.8 Å². The van der Waals surface area contributed by atoms with Crippen LogP contribution in [0.25, 0.3) is 11.3 Å². The summed E-state index contributed by atoms with van der Waals surface area (Å²) in [7, 11) is 0. The Hall–Kier alpha value is -3.14. The van der Waals surface area contributed by atoms with E-state index >= 15 is 0 Å². The molecule has 1 aliphatic rings. The predicted octanol–water partition coefficient (Wildman–Crippen LogP) is 3.69. The highest BCUT2D eigenvalue weighted by molar-refractivity contribution is 5.59. The van der Waals surface area contributed by atoms with Gasteiger partial charge in [0, 0.05) is 37.8 Å². The van der Waals surface area contributed by atoms with Gasteiger partial charge in [-0.2, -0.15) is 13.2 Å². The van der Waals surface area contributed by atoms with Gasteiger partial charge in [0.1, 0.15) is 0 Å². The van der Waals surface area contributed by atoms with Gasteiger partial charge < -0.3 is 4.98 Å². The van der Waals surface area contributed by atoms with E-state index < -0.39 is 29.2 Å². The van der Waals surface area contributed by atoms with Gasteiger partial charge in [0.15, 0.2) is 11.6 Å². The Morgan fingerprint density at radius 2 is 1.90 bits per heavy atom. The smallest absolute Gasteiger partial charge is 0.303 e. The Bertz CT molecular complexity index is 1140. The molecule has 0 bridgehead atoms. The second-order valence-corrected chi connectivity index (χ2v) is 6.98. The van der Waals surface area contributed by atoms with E-state index in [1.807, 2.05) is 4.90 Å².